The van der Waals surface area contributed by atoms with Gasteiger partial charge in [0.1, 0.15) is 17.3 Å². The van der Waals surface area contributed by atoms with Gasteiger partial charge in [0.05, 0.1) is 32.4 Å². The first kappa shape index (κ1) is 20.4. The Kier molecular flexibility index (Phi) is 8.22. The van der Waals surface area contributed by atoms with Crippen LogP contribution < -0.4 is 9.47 Å². The number of benzene rings is 1. The Balaban J connectivity index is 1.92. The van der Waals surface area contributed by atoms with Gasteiger partial charge in [-0.2, -0.15) is 0 Å². The van der Waals surface area contributed by atoms with E-state index in [9.17, 15) is 9.59 Å². The summed E-state index contributed by atoms with van der Waals surface area (Å²) in [4.78, 5) is 25.7. The van der Waals surface area contributed by atoms with Crippen LogP contribution in [0.15, 0.2) is 47.1 Å². The monoisotopic (exact) mass is 375 g/mol. The molecule has 2 rings (SSSR count). The summed E-state index contributed by atoms with van der Waals surface area (Å²) in [6.45, 7) is 4.90. The molecule has 1 aromatic carbocycles. The molecule has 7 nitrogen and oxygen atoms in total. The Bertz CT molecular complexity index is 696. The van der Waals surface area contributed by atoms with Gasteiger partial charge in [-0.15, -0.1) is 0 Å². The van der Waals surface area contributed by atoms with E-state index in [2.05, 4.69) is 0 Å². The zero-order valence-electron chi connectivity index (χ0n) is 15.7. The number of rotatable bonds is 11. The molecule has 0 saturated heterocycles. The summed E-state index contributed by atoms with van der Waals surface area (Å²) in [5.74, 6) is 1.35. The number of carbonyl (C=O) groups excluding carboxylic acids is 2. The van der Waals surface area contributed by atoms with Gasteiger partial charge in [0.15, 0.2) is 6.61 Å². The number of furan rings is 1. The summed E-state index contributed by atoms with van der Waals surface area (Å²) in [6, 6.07) is 10.6. The van der Waals surface area contributed by atoms with Crippen molar-refractivity contribution in [2.75, 3.05) is 26.4 Å². The molecule has 0 aliphatic rings. The first-order valence-electron chi connectivity index (χ1n) is 8.93. The summed E-state index contributed by atoms with van der Waals surface area (Å²) in [6.07, 6.45) is 1.66. The van der Waals surface area contributed by atoms with Crippen LogP contribution in [0.5, 0.6) is 11.5 Å². The Morgan fingerprint density at radius 1 is 1.00 bits per heavy atom. The molecule has 0 aliphatic heterocycles. The SMILES string of the molecule is CCOC(=O)CCN(Cc1ccco1)C(=O)COc1ccc(OCC)cc1. The number of nitrogens with zero attached hydrogens (tertiary/aromatic N) is 1. The topological polar surface area (TPSA) is 78.2 Å². The van der Waals surface area contributed by atoms with Gasteiger partial charge in [0.25, 0.3) is 5.91 Å². The smallest absolute Gasteiger partial charge is 0.307 e. The predicted octanol–water partition coefficient (Wildman–Crippen LogP) is 3.04. The van der Waals surface area contributed by atoms with E-state index >= 15 is 0 Å². The number of ether oxygens (including phenoxy) is 3. The quantitative estimate of drug-likeness (QED) is 0.562. The summed E-state index contributed by atoms with van der Waals surface area (Å²) in [7, 11) is 0. The standard InChI is InChI=1S/C20H25NO6/c1-3-24-16-7-9-17(10-8-16)27-15-19(22)21(12-11-20(23)25-4-2)14-18-6-5-13-26-18/h5-10,13H,3-4,11-12,14-15H2,1-2H3. The third-order valence-electron chi connectivity index (χ3n) is 3.67. The Labute approximate surface area is 158 Å². The van der Waals surface area contributed by atoms with Crippen LogP contribution >= 0.6 is 0 Å². The first-order valence-corrected chi connectivity index (χ1v) is 8.93. The molecule has 0 fully saturated rings. The highest BCUT2D eigenvalue weighted by Crippen LogP contribution is 2.17. The van der Waals surface area contributed by atoms with Gasteiger partial charge in [0, 0.05) is 6.54 Å². The Hall–Kier alpha value is -2.96. The van der Waals surface area contributed by atoms with Crippen LogP contribution in [0, 0.1) is 0 Å². The Morgan fingerprint density at radius 3 is 2.30 bits per heavy atom. The summed E-state index contributed by atoms with van der Waals surface area (Å²) >= 11 is 0. The number of hydrogen-bond donors (Lipinski definition) is 0. The maximum absolute atomic E-state index is 12.6. The lowest BCUT2D eigenvalue weighted by molar-refractivity contribution is -0.144. The minimum absolute atomic E-state index is 0.114. The molecule has 0 saturated carbocycles. The normalized spacial score (nSPS) is 10.3. The molecular weight excluding hydrogens is 350 g/mol. The van der Waals surface area contributed by atoms with Crippen LogP contribution in [-0.4, -0.2) is 43.1 Å². The minimum atomic E-state index is -0.345. The van der Waals surface area contributed by atoms with Gasteiger partial charge in [-0.1, -0.05) is 0 Å². The van der Waals surface area contributed by atoms with E-state index in [0.29, 0.717) is 24.7 Å². The second kappa shape index (κ2) is 10.9. The molecule has 146 valence electrons. The largest absolute Gasteiger partial charge is 0.494 e. The van der Waals surface area contributed by atoms with E-state index in [1.807, 2.05) is 6.92 Å². The van der Waals surface area contributed by atoms with E-state index < -0.39 is 0 Å². The maximum Gasteiger partial charge on any atom is 0.307 e. The first-order chi connectivity index (χ1) is 13.1. The van der Waals surface area contributed by atoms with Gasteiger partial charge in [-0.25, -0.2) is 0 Å². The molecule has 0 atom stereocenters. The van der Waals surface area contributed by atoms with Crippen molar-refractivity contribution in [3.8, 4) is 11.5 Å². The predicted molar refractivity (Wildman–Crippen MR) is 98.5 cm³/mol. The molecule has 27 heavy (non-hydrogen) atoms. The van der Waals surface area contributed by atoms with Crippen molar-refractivity contribution in [3.63, 3.8) is 0 Å². The third-order valence-corrected chi connectivity index (χ3v) is 3.67. The lowest BCUT2D eigenvalue weighted by Gasteiger charge is -2.21. The molecular formula is C20H25NO6. The second-order valence-electron chi connectivity index (χ2n) is 5.64. The second-order valence-corrected chi connectivity index (χ2v) is 5.64. The average molecular weight is 375 g/mol. The van der Waals surface area contributed by atoms with Crippen molar-refractivity contribution >= 4 is 11.9 Å². The fourth-order valence-electron chi connectivity index (χ4n) is 2.38. The minimum Gasteiger partial charge on any atom is -0.494 e. The number of esters is 1. The van der Waals surface area contributed by atoms with Crippen LogP contribution in [0.25, 0.3) is 0 Å². The van der Waals surface area contributed by atoms with Gasteiger partial charge in [-0.05, 0) is 50.2 Å². The average Bonchev–Trinajstić information content (AvgIpc) is 3.18. The zero-order valence-corrected chi connectivity index (χ0v) is 15.7. The van der Waals surface area contributed by atoms with Crippen molar-refractivity contribution in [2.45, 2.75) is 26.8 Å². The highest BCUT2D eigenvalue weighted by atomic mass is 16.5. The summed E-state index contributed by atoms with van der Waals surface area (Å²) in [5.41, 5.74) is 0. The molecule has 0 bridgehead atoms. The van der Waals surface area contributed by atoms with Crippen molar-refractivity contribution in [1.29, 1.82) is 0 Å². The highest BCUT2D eigenvalue weighted by molar-refractivity contribution is 5.78. The number of hydrogen-bond acceptors (Lipinski definition) is 6. The van der Waals surface area contributed by atoms with E-state index in [-0.39, 0.29) is 38.0 Å². The van der Waals surface area contributed by atoms with Gasteiger partial charge in [-0.3, -0.25) is 9.59 Å². The van der Waals surface area contributed by atoms with Crippen LogP contribution in [0.4, 0.5) is 0 Å². The number of carbonyl (C=O) groups is 2. The van der Waals surface area contributed by atoms with Crippen LogP contribution in [-0.2, 0) is 20.9 Å². The molecule has 0 unspecified atom stereocenters. The van der Waals surface area contributed by atoms with Crippen molar-refractivity contribution in [3.05, 3.63) is 48.4 Å². The van der Waals surface area contributed by atoms with Crippen LogP contribution in [0.1, 0.15) is 26.0 Å². The molecule has 0 aliphatic carbocycles. The lowest BCUT2D eigenvalue weighted by Crippen LogP contribution is -2.36. The van der Waals surface area contributed by atoms with Crippen molar-refractivity contribution in [2.24, 2.45) is 0 Å². The molecule has 1 amide bonds. The van der Waals surface area contributed by atoms with Gasteiger partial charge < -0.3 is 23.5 Å². The fraction of sp³-hybridized carbons (Fsp3) is 0.400. The molecule has 7 heteroatoms. The zero-order chi connectivity index (χ0) is 19.5. The van der Waals surface area contributed by atoms with Crippen molar-refractivity contribution < 1.29 is 28.2 Å². The van der Waals surface area contributed by atoms with Crippen LogP contribution in [0.2, 0.25) is 0 Å². The Morgan fingerprint density at radius 2 is 1.70 bits per heavy atom. The van der Waals surface area contributed by atoms with Crippen molar-refractivity contribution in [1.82, 2.24) is 4.90 Å². The van der Waals surface area contributed by atoms with E-state index in [4.69, 9.17) is 18.6 Å². The maximum atomic E-state index is 12.6. The van der Waals surface area contributed by atoms with E-state index in [0.717, 1.165) is 5.75 Å². The lowest BCUT2D eigenvalue weighted by atomic mass is 10.3. The molecule has 1 heterocycles. The summed E-state index contributed by atoms with van der Waals surface area (Å²) < 4.78 is 21.2. The third kappa shape index (κ3) is 7.05. The summed E-state index contributed by atoms with van der Waals surface area (Å²) in [5, 5.41) is 0. The highest BCUT2D eigenvalue weighted by Gasteiger charge is 2.18. The molecule has 0 radical (unpaired) electrons. The fourth-order valence-corrected chi connectivity index (χ4v) is 2.38. The molecule has 0 N–H and O–H groups in total. The van der Waals surface area contributed by atoms with Gasteiger partial charge >= 0.3 is 5.97 Å². The van der Waals surface area contributed by atoms with E-state index in [1.54, 1.807) is 49.6 Å². The molecule has 1 aromatic heterocycles. The number of amides is 1. The molecule has 2 aromatic rings. The molecule has 0 spiro atoms. The van der Waals surface area contributed by atoms with Gasteiger partial charge in [0.2, 0.25) is 0 Å². The van der Waals surface area contributed by atoms with Crippen LogP contribution in [0.3, 0.4) is 0 Å². The van der Waals surface area contributed by atoms with E-state index in [1.165, 1.54) is 4.90 Å².